The fourth-order valence-corrected chi connectivity index (χ4v) is 7.34. The summed E-state index contributed by atoms with van der Waals surface area (Å²) in [5.74, 6) is 0.686. The number of aliphatic hydroxyl groups excluding tert-OH is 2. The van der Waals surface area contributed by atoms with E-state index in [1.165, 1.54) is 16.3 Å². The van der Waals surface area contributed by atoms with Crippen LogP contribution >= 0.6 is 35.2 Å². The molecule has 22 heteroatoms. The van der Waals surface area contributed by atoms with Gasteiger partial charge in [-0.05, 0) is 6.42 Å². The summed E-state index contributed by atoms with van der Waals surface area (Å²) in [5.41, 5.74) is 6.26. The highest BCUT2D eigenvalue weighted by Crippen LogP contribution is 2.60. The molecular weight excluding hydrogens is 595 g/mol. The molecule has 3 rings (SSSR count). The van der Waals surface area contributed by atoms with Crippen LogP contribution in [0.25, 0.3) is 11.2 Å². The molecule has 1 fully saturated rings. The van der Waals surface area contributed by atoms with Gasteiger partial charge in [-0.25, -0.2) is 19.3 Å². The van der Waals surface area contributed by atoms with Crippen LogP contribution in [-0.2, 0) is 31.6 Å². The zero-order valence-electron chi connectivity index (χ0n) is 19.6. The fourth-order valence-electron chi connectivity index (χ4n) is 3.46. The number of anilines is 1. The quantitative estimate of drug-likeness (QED) is 0.123. The van der Waals surface area contributed by atoms with Crippen LogP contribution in [0.2, 0.25) is 0 Å². The van der Waals surface area contributed by atoms with Crippen molar-refractivity contribution >= 4 is 52.2 Å². The molecule has 0 saturated carbocycles. The van der Waals surface area contributed by atoms with Gasteiger partial charge in [0.2, 0.25) is 0 Å². The maximum absolute atomic E-state index is 11.8. The molecule has 6 unspecified atom stereocenters. The van der Waals surface area contributed by atoms with Crippen LogP contribution in [0.15, 0.2) is 11.5 Å². The number of thioether (sulfide) groups is 1. The van der Waals surface area contributed by atoms with Crippen molar-refractivity contribution in [1.82, 2.24) is 19.5 Å². The van der Waals surface area contributed by atoms with Crippen molar-refractivity contribution in [2.75, 3.05) is 18.1 Å². The molecule has 38 heavy (non-hydrogen) atoms. The first kappa shape index (κ1) is 31.5. The zero-order valence-corrected chi connectivity index (χ0v) is 23.1. The van der Waals surface area contributed by atoms with Crippen LogP contribution in [0.4, 0.5) is 5.82 Å². The molecule has 0 bridgehead atoms. The number of nitrogens with zero attached hydrogens (tertiary/aromatic N) is 4. The normalized spacial score (nSPS) is 25.4. The van der Waals surface area contributed by atoms with E-state index in [-0.39, 0.29) is 17.0 Å². The largest absolute Gasteiger partial charge is 0.790 e. The molecule has 0 aromatic carbocycles. The van der Waals surface area contributed by atoms with E-state index in [1.807, 2.05) is 0 Å². The number of hydrogen-bond acceptors (Lipinski definition) is 18. The van der Waals surface area contributed by atoms with Gasteiger partial charge in [-0.1, -0.05) is 37.9 Å². The maximum atomic E-state index is 11.8. The topological polar surface area (TPSA) is 290 Å². The Bertz CT molecular complexity index is 1260. The Morgan fingerprint density at radius 3 is 2.45 bits per heavy atom. The van der Waals surface area contributed by atoms with E-state index >= 15 is 0 Å². The van der Waals surface area contributed by atoms with Crippen LogP contribution < -0.4 is 25.3 Å². The third kappa shape index (κ3) is 8.25. The Kier molecular flexibility index (Phi) is 10.5. The Labute approximate surface area is 220 Å². The summed E-state index contributed by atoms with van der Waals surface area (Å²) in [6, 6.07) is 0. The smallest absolute Gasteiger partial charge is 0.278 e. The molecule has 2 aromatic rings. The van der Waals surface area contributed by atoms with Gasteiger partial charge in [0.05, 0.1) is 14.4 Å². The number of nitrogens with two attached hydrogens (primary N) is 1. The van der Waals surface area contributed by atoms with E-state index in [2.05, 4.69) is 35.0 Å². The van der Waals surface area contributed by atoms with Crippen LogP contribution in [-0.4, -0.2) is 60.4 Å². The third-order valence-corrected chi connectivity index (χ3v) is 9.79. The number of hydrogen-bond donors (Lipinski definition) is 3. The van der Waals surface area contributed by atoms with Crippen LogP contribution in [0.3, 0.4) is 0 Å². The van der Waals surface area contributed by atoms with E-state index in [1.54, 1.807) is 0 Å². The Balaban J connectivity index is 1.76. The van der Waals surface area contributed by atoms with Gasteiger partial charge in [-0.15, -0.1) is 0 Å². The number of fused-ring (bicyclic) bond motifs is 1. The van der Waals surface area contributed by atoms with Crippen molar-refractivity contribution in [3.63, 3.8) is 0 Å². The maximum Gasteiger partial charge on any atom is 0.278 e. The van der Waals surface area contributed by atoms with Crippen molar-refractivity contribution in [3.8, 4) is 0 Å². The van der Waals surface area contributed by atoms with Crippen LogP contribution in [0.1, 0.15) is 38.8 Å². The first-order chi connectivity index (χ1) is 17.6. The number of phosphoric ester groups is 1. The van der Waals surface area contributed by atoms with Gasteiger partial charge in [0.1, 0.15) is 24.6 Å². The van der Waals surface area contributed by atoms with Gasteiger partial charge in [0.25, 0.3) is 15.6 Å². The van der Waals surface area contributed by atoms with Crippen LogP contribution in [0, 0.1) is 0 Å². The monoisotopic (exact) mass is 619 g/mol. The second-order valence-corrected chi connectivity index (χ2v) is 13.3. The lowest BCUT2D eigenvalue weighted by atomic mass is 10.1. The molecule has 18 nitrogen and oxygen atoms in total. The van der Waals surface area contributed by atoms with Crippen molar-refractivity contribution in [1.29, 1.82) is 0 Å². The molecule has 6 atom stereocenters. The highest BCUT2D eigenvalue weighted by Gasteiger charge is 2.46. The number of phosphoric acid groups is 3. The summed E-state index contributed by atoms with van der Waals surface area (Å²) in [6.45, 7) is 0.992. The summed E-state index contributed by atoms with van der Waals surface area (Å²) < 4.78 is 51.5. The molecule has 3 heterocycles. The van der Waals surface area contributed by atoms with Gasteiger partial charge in [0.15, 0.2) is 28.4 Å². The molecule has 1 aliphatic heterocycles. The number of ether oxygens (including phenoxy) is 1. The van der Waals surface area contributed by atoms with Crippen molar-refractivity contribution in [2.24, 2.45) is 0 Å². The molecule has 0 radical (unpaired) electrons. The Morgan fingerprint density at radius 2 is 1.79 bits per heavy atom. The lowest BCUT2D eigenvalue weighted by molar-refractivity contribution is -0.339. The summed E-state index contributed by atoms with van der Waals surface area (Å²) in [7, 11) is -18.2. The number of aromatic nitrogens is 4. The highest BCUT2D eigenvalue weighted by molar-refractivity contribution is 7.99. The molecule has 0 amide bonds. The molecule has 4 N–H and O–H groups in total. The Morgan fingerprint density at radius 1 is 1.08 bits per heavy atom. The fraction of sp³-hybridized carbons (Fsp3) is 0.688. The predicted molar refractivity (Wildman–Crippen MR) is 121 cm³/mol. The molecule has 1 saturated heterocycles. The van der Waals surface area contributed by atoms with Gasteiger partial charge in [-0.2, -0.15) is 0 Å². The first-order valence-corrected chi connectivity index (χ1v) is 16.3. The molecule has 0 aliphatic carbocycles. The second kappa shape index (κ2) is 12.7. The minimum Gasteiger partial charge on any atom is -0.790 e. The average molecular weight is 619 g/mol. The summed E-state index contributed by atoms with van der Waals surface area (Å²) >= 11 is 1.31. The van der Waals surface area contributed by atoms with Crippen molar-refractivity contribution < 1.29 is 61.4 Å². The van der Waals surface area contributed by atoms with Gasteiger partial charge in [0, 0.05) is 5.75 Å². The number of imidazole rings is 1. The standard InChI is InChI=1S/C16H28N5O13P3S/c1-2-3-4-5-6-38-16-20-10-13(17)18-8-19-14(10)21(16)15-12(23)11(22)9(32-15)7-31-36(27,28)34-37(29,30)33-35(24,25)26/h8-9,11-12,15,22-23H,2-7H2,1H3,(H,27,28)(H,29,30)(H2,17,18,19)(H2,24,25,26)/p-4. The van der Waals surface area contributed by atoms with E-state index in [0.717, 1.165) is 32.0 Å². The Hall–Kier alpha value is -1.01. The van der Waals surface area contributed by atoms with Crippen molar-refractivity contribution in [3.05, 3.63) is 6.33 Å². The van der Waals surface area contributed by atoms with E-state index in [4.69, 9.17) is 10.5 Å². The lowest BCUT2D eigenvalue weighted by Gasteiger charge is -2.37. The first-order valence-electron chi connectivity index (χ1n) is 11.0. The van der Waals surface area contributed by atoms with E-state index in [9.17, 15) is 43.5 Å². The molecule has 2 aromatic heterocycles. The van der Waals surface area contributed by atoms with Gasteiger partial charge in [-0.3, -0.25) is 18.0 Å². The molecule has 0 spiro atoms. The summed E-state index contributed by atoms with van der Waals surface area (Å²) in [5, 5.41) is 21.5. The summed E-state index contributed by atoms with van der Waals surface area (Å²) in [6.07, 6.45) is -1.26. The molecule has 216 valence electrons. The average Bonchev–Trinajstić information content (AvgIpc) is 3.28. The summed E-state index contributed by atoms with van der Waals surface area (Å²) in [4.78, 5) is 56.5. The van der Waals surface area contributed by atoms with Crippen molar-refractivity contribution in [2.45, 2.75) is 62.3 Å². The van der Waals surface area contributed by atoms with Gasteiger partial charge < -0.3 is 49.3 Å². The number of nitrogen functional groups attached to an aromatic ring is 1. The molecule has 1 aliphatic rings. The SMILES string of the molecule is CCCCCCSc1nc2c(N)ncnc2n1C1OC(COP(=O)([O-])OP(=O)([O-])OP(=O)([O-])[O-])C(O)C1O. The minimum absolute atomic E-state index is 0.0453. The zero-order chi connectivity index (χ0) is 28.3. The number of unbranched alkanes of at least 4 members (excludes halogenated alkanes) is 3. The van der Waals surface area contributed by atoms with E-state index < -0.39 is 54.6 Å². The number of aliphatic hydroxyl groups is 2. The molecular formula is C16H24N5O13P3S-4. The van der Waals surface area contributed by atoms with Gasteiger partial charge >= 0.3 is 0 Å². The number of rotatable bonds is 14. The predicted octanol–water partition coefficient (Wildman–Crippen LogP) is -1.48. The lowest BCUT2D eigenvalue weighted by Crippen LogP contribution is -2.34. The van der Waals surface area contributed by atoms with E-state index in [0.29, 0.717) is 10.9 Å². The van der Waals surface area contributed by atoms with Crippen LogP contribution in [0.5, 0.6) is 0 Å². The highest BCUT2D eigenvalue weighted by atomic mass is 32.2. The minimum atomic E-state index is -6.17. The second-order valence-electron chi connectivity index (χ2n) is 7.95. The third-order valence-electron chi connectivity index (χ3n) is 5.09.